The lowest BCUT2D eigenvalue weighted by Crippen LogP contribution is -2.37. The van der Waals surface area contributed by atoms with Crippen molar-refractivity contribution < 1.29 is 13.2 Å². The summed E-state index contributed by atoms with van der Waals surface area (Å²) in [7, 11) is 0. The molecule has 0 atom stereocenters. The Bertz CT molecular complexity index is 1140. The molecule has 0 aliphatic carbocycles. The Balaban J connectivity index is 1.96. The lowest BCUT2D eigenvalue weighted by molar-refractivity contribution is -0.187. The van der Waals surface area contributed by atoms with E-state index >= 15 is 0 Å². The minimum Gasteiger partial charge on any atom is -0.197 e. The summed E-state index contributed by atoms with van der Waals surface area (Å²) in [4.78, 5) is 0. The summed E-state index contributed by atoms with van der Waals surface area (Å²) in [6.45, 7) is 1.67. The molecule has 0 saturated heterocycles. The third kappa shape index (κ3) is 3.15. The van der Waals surface area contributed by atoms with Crippen molar-refractivity contribution in [2.24, 2.45) is 20.7 Å². The maximum absolute atomic E-state index is 13.7. The van der Waals surface area contributed by atoms with Crippen LogP contribution in [-0.4, -0.2) is 26.4 Å². The normalized spacial score (nSPS) is 15.2. The molecule has 2 aromatic carbocycles. The summed E-state index contributed by atoms with van der Waals surface area (Å²) in [6, 6.07) is 9.62. The molecule has 2 heterocycles. The van der Waals surface area contributed by atoms with Crippen molar-refractivity contribution in [2.45, 2.75) is 18.8 Å². The van der Waals surface area contributed by atoms with E-state index in [0.717, 1.165) is 0 Å². The van der Waals surface area contributed by atoms with Gasteiger partial charge in [0.1, 0.15) is 0 Å². The van der Waals surface area contributed by atoms with E-state index in [1.807, 2.05) is 0 Å². The van der Waals surface area contributed by atoms with Crippen molar-refractivity contribution in [3.63, 3.8) is 0 Å². The summed E-state index contributed by atoms with van der Waals surface area (Å²) in [6.07, 6.45) is -4.89. The molecule has 8 nitrogen and oxygen atoms in total. The number of alkyl halides is 3. The molecular formula is C16H8Cl2F3N8. The van der Waals surface area contributed by atoms with Gasteiger partial charge in [0.25, 0.3) is 0 Å². The van der Waals surface area contributed by atoms with Crippen molar-refractivity contribution in [3.8, 4) is 16.8 Å². The van der Waals surface area contributed by atoms with Crippen LogP contribution in [0.4, 0.5) is 13.2 Å². The molecule has 13 heteroatoms. The Hall–Kier alpha value is -2.92. The molecule has 0 unspecified atom stereocenters. The highest BCUT2D eigenvalue weighted by molar-refractivity contribution is 6.34. The summed E-state index contributed by atoms with van der Waals surface area (Å²) in [5, 5.41) is 24.3. The SMILES string of the molecule is Cc1nnnn1-c1ccc(Cl)cc1-c1cc(C2(C(F)(F)F)N=NN=N2)[c]cc1Cl. The monoisotopic (exact) mass is 439 g/mol. The lowest BCUT2D eigenvalue weighted by Gasteiger charge is -2.24. The van der Waals surface area contributed by atoms with Crippen LogP contribution in [0.2, 0.25) is 10.0 Å². The minimum atomic E-state index is -4.89. The highest BCUT2D eigenvalue weighted by Crippen LogP contribution is 2.48. The fourth-order valence-electron chi connectivity index (χ4n) is 2.81. The number of nitrogens with zero attached hydrogens (tertiary/aromatic N) is 8. The number of aromatic nitrogens is 4. The quantitative estimate of drug-likeness (QED) is 0.554. The maximum Gasteiger partial charge on any atom is 0.442 e. The van der Waals surface area contributed by atoms with E-state index in [-0.39, 0.29) is 10.6 Å². The second kappa shape index (κ2) is 6.85. The molecule has 0 bridgehead atoms. The van der Waals surface area contributed by atoms with Crippen molar-refractivity contribution in [3.05, 3.63) is 57.8 Å². The van der Waals surface area contributed by atoms with Gasteiger partial charge < -0.3 is 0 Å². The second-order valence-corrected chi connectivity index (χ2v) is 6.80. The first-order valence-corrected chi connectivity index (χ1v) is 8.66. The molecule has 1 aromatic heterocycles. The minimum absolute atomic E-state index is 0.132. The van der Waals surface area contributed by atoms with E-state index in [2.05, 4.69) is 42.3 Å². The number of hydrogen-bond acceptors (Lipinski definition) is 7. The van der Waals surface area contributed by atoms with Crippen LogP contribution in [0.1, 0.15) is 11.4 Å². The Morgan fingerprint density at radius 2 is 1.79 bits per heavy atom. The van der Waals surface area contributed by atoms with Crippen LogP contribution >= 0.6 is 23.2 Å². The van der Waals surface area contributed by atoms with Crippen LogP contribution < -0.4 is 0 Å². The molecule has 0 saturated carbocycles. The molecule has 1 aliphatic heterocycles. The molecule has 3 aromatic rings. The number of hydrogen-bond donors (Lipinski definition) is 0. The number of rotatable bonds is 3. The Labute approximate surface area is 171 Å². The standard InChI is InChI=1S/C16H8Cl2F3N8/c1-8-22-25-28-29(8)14-5-3-10(17)7-12(14)11-6-9(2-4-13(11)18)15(16(19,20)21)23-26-27-24-15/h3-7H,1H3. The van der Waals surface area contributed by atoms with E-state index in [0.29, 0.717) is 22.1 Å². The Morgan fingerprint density at radius 1 is 1.07 bits per heavy atom. The van der Waals surface area contributed by atoms with Gasteiger partial charge in [-0.1, -0.05) is 23.2 Å². The van der Waals surface area contributed by atoms with E-state index in [9.17, 15) is 13.2 Å². The first-order valence-electron chi connectivity index (χ1n) is 7.91. The average Bonchev–Trinajstić information content (AvgIpc) is 3.32. The molecule has 0 amide bonds. The van der Waals surface area contributed by atoms with Gasteiger partial charge in [-0.05, 0) is 64.2 Å². The Kier molecular flexibility index (Phi) is 4.58. The van der Waals surface area contributed by atoms with Crippen molar-refractivity contribution in [1.29, 1.82) is 0 Å². The Morgan fingerprint density at radius 3 is 2.41 bits per heavy atom. The predicted molar refractivity (Wildman–Crippen MR) is 95.6 cm³/mol. The van der Waals surface area contributed by atoms with Gasteiger partial charge in [-0.15, -0.1) is 15.3 Å². The first-order chi connectivity index (χ1) is 13.7. The molecule has 4 rings (SSSR count). The van der Waals surface area contributed by atoms with Crippen LogP contribution in [0.25, 0.3) is 16.8 Å². The first kappa shape index (κ1) is 19.4. The second-order valence-electron chi connectivity index (χ2n) is 5.96. The molecule has 29 heavy (non-hydrogen) atoms. The number of benzene rings is 2. The molecule has 1 aliphatic rings. The van der Waals surface area contributed by atoms with E-state index in [1.165, 1.54) is 16.8 Å². The number of aryl methyl sites for hydroxylation is 1. The summed E-state index contributed by atoms with van der Waals surface area (Å²) in [5.41, 5.74) is -2.32. The van der Waals surface area contributed by atoms with Gasteiger partial charge in [0.2, 0.25) is 0 Å². The van der Waals surface area contributed by atoms with Crippen LogP contribution in [0.15, 0.2) is 51.0 Å². The van der Waals surface area contributed by atoms with Crippen molar-refractivity contribution in [1.82, 2.24) is 20.2 Å². The van der Waals surface area contributed by atoms with Gasteiger partial charge in [-0.25, -0.2) is 0 Å². The van der Waals surface area contributed by atoms with Crippen molar-refractivity contribution in [2.75, 3.05) is 0 Å². The lowest BCUT2D eigenvalue weighted by atomic mass is 9.94. The number of tetrazole rings is 1. The third-order valence-corrected chi connectivity index (χ3v) is 4.74. The van der Waals surface area contributed by atoms with Gasteiger partial charge >= 0.3 is 11.8 Å². The zero-order chi connectivity index (χ0) is 20.8. The van der Waals surface area contributed by atoms with Gasteiger partial charge in [0.15, 0.2) is 5.82 Å². The van der Waals surface area contributed by atoms with E-state index in [1.54, 1.807) is 25.1 Å². The topological polar surface area (TPSA) is 93.0 Å². The van der Waals surface area contributed by atoms with Gasteiger partial charge in [-0.3, -0.25) is 0 Å². The van der Waals surface area contributed by atoms with Gasteiger partial charge in [-0.2, -0.15) is 17.9 Å². The summed E-state index contributed by atoms with van der Waals surface area (Å²) >= 11 is 12.4. The zero-order valence-electron chi connectivity index (χ0n) is 14.4. The van der Waals surface area contributed by atoms with Crippen LogP contribution in [0.3, 0.4) is 0 Å². The zero-order valence-corrected chi connectivity index (χ0v) is 15.9. The molecule has 0 spiro atoms. The highest BCUT2D eigenvalue weighted by atomic mass is 35.5. The average molecular weight is 440 g/mol. The largest absolute Gasteiger partial charge is 0.442 e. The molecule has 147 valence electrons. The third-order valence-electron chi connectivity index (χ3n) is 4.19. The smallest absolute Gasteiger partial charge is 0.197 e. The van der Waals surface area contributed by atoms with Gasteiger partial charge in [0, 0.05) is 26.7 Å². The van der Waals surface area contributed by atoms with Crippen LogP contribution in [-0.2, 0) is 5.66 Å². The molecule has 0 fully saturated rings. The summed E-state index contributed by atoms with van der Waals surface area (Å²) in [5.74, 6) is 0.456. The van der Waals surface area contributed by atoms with E-state index in [4.69, 9.17) is 23.2 Å². The maximum atomic E-state index is 13.7. The predicted octanol–water partition coefficient (Wildman–Crippen LogP) is 5.29. The number of halogens is 5. The fourth-order valence-corrected chi connectivity index (χ4v) is 3.19. The molecular weight excluding hydrogens is 432 g/mol. The van der Waals surface area contributed by atoms with Crippen LogP contribution in [0, 0.1) is 13.0 Å². The molecule has 0 N–H and O–H groups in total. The van der Waals surface area contributed by atoms with Crippen molar-refractivity contribution >= 4 is 23.2 Å². The van der Waals surface area contributed by atoms with Gasteiger partial charge in [0.05, 0.1) is 5.69 Å². The fraction of sp³-hybridized carbons (Fsp3) is 0.188. The summed E-state index contributed by atoms with van der Waals surface area (Å²) < 4.78 is 42.6. The molecule has 1 radical (unpaired) electrons. The highest BCUT2D eigenvalue weighted by Gasteiger charge is 2.60. The van der Waals surface area contributed by atoms with Crippen LogP contribution in [0.5, 0.6) is 0 Å². The van der Waals surface area contributed by atoms with E-state index < -0.39 is 17.4 Å².